The van der Waals surface area contributed by atoms with Gasteiger partial charge in [0.1, 0.15) is 5.82 Å². The second-order valence-corrected chi connectivity index (χ2v) is 5.82. The first-order valence-corrected chi connectivity index (χ1v) is 8.15. The minimum atomic E-state index is -0.323. The van der Waals surface area contributed by atoms with Gasteiger partial charge in [-0.15, -0.1) is 0 Å². The van der Waals surface area contributed by atoms with Crippen LogP contribution in [0.3, 0.4) is 0 Å². The molecule has 1 amide bonds. The Hall–Kier alpha value is -3.02. The molecule has 128 valence electrons. The zero-order valence-electron chi connectivity index (χ0n) is 14.1. The first-order valence-electron chi connectivity index (χ1n) is 8.15. The molecule has 25 heavy (non-hydrogen) atoms. The number of aromatic nitrogens is 3. The summed E-state index contributed by atoms with van der Waals surface area (Å²) < 4.78 is 14.9. The van der Waals surface area contributed by atoms with Crippen molar-refractivity contribution in [2.75, 3.05) is 0 Å². The van der Waals surface area contributed by atoms with Gasteiger partial charge >= 0.3 is 0 Å². The van der Waals surface area contributed by atoms with E-state index in [-0.39, 0.29) is 17.8 Å². The maximum atomic E-state index is 13.2. The van der Waals surface area contributed by atoms with Crippen molar-refractivity contribution in [3.05, 3.63) is 66.4 Å². The third kappa shape index (κ3) is 3.74. The Labute approximate surface area is 145 Å². The highest BCUT2D eigenvalue weighted by molar-refractivity contribution is 5.93. The molecule has 0 spiro atoms. The predicted octanol–water partition coefficient (Wildman–Crippen LogP) is 3.60. The lowest BCUT2D eigenvalue weighted by Crippen LogP contribution is -2.32. The molecule has 6 heteroatoms. The molecule has 1 unspecified atom stereocenters. The van der Waals surface area contributed by atoms with E-state index < -0.39 is 0 Å². The molecule has 2 aromatic heterocycles. The van der Waals surface area contributed by atoms with E-state index in [1.54, 1.807) is 35.3 Å². The molecule has 0 radical (unpaired) electrons. The molecule has 1 aromatic carbocycles. The number of hydrogen-bond donors (Lipinski definition) is 1. The average Bonchev–Trinajstić information content (AvgIpc) is 3.08. The lowest BCUT2D eigenvalue weighted by molar-refractivity contribution is 0.0934. The van der Waals surface area contributed by atoms with Crippen molar-refractivity contribution < 1.29 is 9.18 Å². The number of halogens is 1. The molecule has 0 bridgehead atoms. The molecular weight excluding hydrogens is 319 g/mol. The van der Waals surface area contributed by atoms with E-state index >= 15 is 0 Å². The summed E-state index contributed by atoms with van der Waals surface area (Å²) in [7, 11) is 0. The first-order chi connectivity index (χ1) is 12.1. The molecule has 0 aliphatic rings. The summed E-state index contributed by atoms with van der Waals surface area (Å²) >= 11 is 0. The summed E-state index contributed by atoms with van der Waals surface area (Å²) in [5.41, 5.74) is 2.60. The van der Waals surface area contributed by atoms with Crippen LogP contribution in [0.2, 0.25) is 0 Å². The second-order valence-electron chi connectivity index (χ2n) is 5.82. The standard InChI is InChI=1S/C19H19FN4O/c1-3-13(2)22-19(25)17-12-18(14-8-10-21-11-9-14)24(23-17)16-6-4-15(20)5-7-16/h4-13H,3H2,1-2H3,(H,22,25). The fourth-order valence-electron chi connectivity index (χ4n) is 2.40. The van der Waals surface area contributed by atoms with Gasteiger partial charge in [0.15, 0.2) is 5.69 Å². The lowest BCUT2D eigenvalue weighted by Gasteiger charge is -2.09. The molecule has 0 aliphatic heterocycles. The lowest BCUT2D eigenvalue weighted by atomic mass is 10.1. The van der Waals surface area contributed by atoms with Crippen LogP contribution in [0, 0.1) is 5.82 Å². The SMILES string of the molecule is CCC(C)NC(=O)c1cc(-c2ccncc2)n(-c2ccc(F)cc2)n1. The van der Waals surface area contributed by atoms with Crippen LogP contribution in [-0.2, 0) is 0 Å². The number of benzene rings is 1. The van der Waals surface area contributed by atoms with Crippen LogP contribution in [0.5, 0.6) is 0 Å². The van der Waals surface area contributed by atoms with Crippen molar-refractivity contribution in [2.45, 2.75) is 26.3 Å². The molecule has 1 N–H and O–H groups in total. The quantitative estimate of drug-likeness (QED) is 0.773. The average molecular weight is 338 g/mol. The predicted molar refractivity (Wildman–Crippen MR) is 94.0 cm³/mol. The molecule has 1 atom stereocenters. The van der Waals surface area contributed by atoms with Crippen molar-refractivity contribution in [1.29, 1.82) is 0 Å². The number of carbonyl (C=O) groups excluding carboxylic acids is 1. The third-order valence-corrected chi connectivity index (χ3v) is 3.98. The van der Waals surface area contributed by atoms with E-state index in [4.69, 9.17) is 0 Å². The van der Waals surface area contributed by atoms with Crippen LogP contribution in [0.25, 0.3) is 16.9 Å². The van der Waals surface area contributed by atoms with Crippen molar-refractivity contribution in [3.63, 3.8) is 0 Å². The summed E-state index contributed by atoms with van der Waals surface area (Å²) in [4.78, 5) is 16.5. The first kappa shape index (κ1) is 16.8. The van der Waals surface area contributed by atoms with Crippen LogP contribution >= 0.6 is 0 Å². The Morgan fingerprint density at radius 3 is 2.52 bits per heavy atom. The topological polar surface area (TPSA) is 59.8 Å². The summed E-state index contributed by atoms with van der Waals surface area (Å²) in [6, 6.07) is 11.5. The Morgan fingerprint density at radius 1 is 1.20 bits per heavy atom. The van der Waals surface area contributed by atoms with Gasteiger partial charge in [0.2, 0.25) is 0 Å². The third-order valence-electron chi connectivity index (χ3n) is 3.98. The molecule has 3 aromatic rings. The fourth-order valence-corrected chi connectivity index (χ4v) is 2.40. The van der Waals surface area contributed by atoms with E-state index in [2.05, 4.69) is 15.4 Å². The van der Waals surface area contributed by atoms with Gasteiger partial charge in [0.05, 0.1) is 11.4 Å². The van der Waals surface area contributed by atoms with Gasteiger partial charge in [-0.25, -0.2) is 9.07 Å². The molecule has 2 heterocycles. The van der Waals surface area contributed by atoms with E-state index in [0.717, 1.165) is 17.7 Å². The number of nitrogens with one attached hydrogen (secondary N) is 1. The summed E-state index contributed by atoms with van der Waals surface area (Å²) in [6.07, 6.45) is 4.19. The normalized spacial score (nSPS) is 12.0. The van der Waals surface area contributed by atoms with Gasteiger partial charge in [-0.05, 0) is 55.8 Å². The number of pyridine rings is 1. The van der Waals surface area contributed by atoms with Gasteiger partial charge in [0.25, 0.3) is 5.91 Å². The summed E-state index contributed by atoms with van der Waals surface area (Å²) in [6.45, 7) is 3.95. The maximum Gasteiger partial charge on any atom is 0.272 e. The van der Waals surface area contributed by atoms with Gasteiger partial charge < -0.3 is 5.32 Å². The van der Waals surface area contributed by atoms with Crippen molar-refractivity contribution in [1.82, 2.24) is 20.1 Å². The minimum absolute atomic E-state index is 0.0628. The minimum Gasteiger partial charge on any atom is -0.348 e. The number of nitrogens with zero attached hydrogens (tertiary/aromatic N) is 3. The van der Waals surface area contributed by atoms with Crippen molar-refractivity contribution in [3.8, 4) is 16.9 Å². The van der Waals surface area contributed by atoms with Crippen molar-refractivity contribution >= 4 is 5.91 Å². The molecule has 3 rings (SSSR count). The highest BCUT2D eigenvalue weighted by Gasteiger charge is 2.17. The van der Waals surface area contributed by atoms with Crippen LogP contribution in [0.1, 0.15) is 30.8 Å². The summed E-state index contributed by atoms with van der Waals surface area (Å²) in [5.74, 6) is -0.554. The molecular formula is C19H19FN4O. The molecule has 5 nitrogen and oxygen atoms in total. The zero-order chi connectivity index (χ0) is 17.8. The van der Waals surface area contributed by atoms with E-state index in [9.17, 15) is 9.18 Å². The van der Waals surface area contributed by atoms with E-state index in [1.165, 1.54) is 12.1 Å². The second kappa shape index (κ2) is 7.25. The smallest absolute Gasteiger partial charge is 0.272 e. The fraction of sp³-hybridized carbons (Fsp3) is 0.211. The monoisotopic (exact) mass is 338 g/mol. The molecule has 0 aliphatic carbocycles. The highest BCUT2D eigenvalue weighted by atomic mass is 19.1. The Balaban J connectivity index is 2.06. The van der Waals surface area contributed by atoms with Crippen LogP contribution in [0.15, 0.2) is 54.9 Å². The number of hydrogen-bond acceptors (Lipinski definition) is 3. The maximum absolute atomic E-state index is 13.2. The zero-order valence-corrected chi connectivity index (χ0v) is 14.1. The van der Waals surface area contributed by atoms with Crippen LogP contribution in [-0.4, -0.2) is 26.7 Å². The number of amides is 1. The van der Waals surface area contributed by atoms with Crippen LogP contribution in [0.4, 0.5) is 4.39 Å². The highest BCUT2D eigenvalue weighted by Crippen LogP contribution is 2.24. The largest absolute Gasteiger partial charge is 0.348 e. The Kier molecular flexibility index (Phi) is 4.88. The van der Waals surface area contributed by atoms with Crippen LogP contribution < -0.4 is 5.32 Å². The Morgan fingerprint density at radius 2 is 1.88 bits per heavy atom. The summed E-state index contributed by atoms with van der Waals surface area (Å²) in [5, 5.41) is 7.35. The van der Waals surface area contributed by atoms with E-state index in [1.807, 2.05) is 26.0 Å². The molecule has 0 saturated heterocycles. The number of carbonyl (C=O) groups is 1. The van der Waals surface area contributed by atoms with E-state index in [0.29, 0.717) is 11.4 Å². The molecule has 0 fully saturated rings. The van der Waals surface area contributed by atoms with Gasteiger partial charge in [0, 0.05) is 24.0 Å². The van der Waals surface area contributed by atoms with Gasteiger partial charge in [-0.2, -0.15) is 5.10 Å². The van der Waals surface area contributed by atoms with Gasteiger partial charge in [-0.1, -0.05) is 6.92 Å². The number of rotatable bonds is 5. The molecule has 0 saturated carbocycles. The van der Waals surface area contributed by atoms with Gasteiger partial charge in [-0.3, -0.25) is 9.78 Å². The van der Waals surface area contributed by atoms with Crippen molar-refractivity contribution in [2.24, 2.45) is 0 Å². The Bertz CT molecular complexity index is 859.